The molecule has 3 rings (SSSR count). The fraction of sp³-hybridized carbons (Fsp3) is 0.174. The summed E-state index contributed by atoms with van der Waals surface area (Å²) < 4.78 is 0. The van der Waals surface area contributed by atoms with E-state index < -0.39 is 0 Å². The molecule has 0 unspecified atom stereocenters. The Morgan fingerprint density at radius 3 is 1.92 bits per heavy atom. The molecule has 0 atom stereocenters. The molecule has 0 spiro atoms. The predicted octanol–water partition coefficient (Wildman–Crippen LogP) is 7.24. The molecule has 124 valence electrons. The lowest BCUT2D eigenvalue weighted by Gasteiger charge is -2.13. The monoisotopic (exact) mass is 317 g/mol. The average Bonchev–Trinajstić information content (AvgIpc) is 2.70. The van der Waals surface area contributed by atoms with Crippen LogP contribution in [0.15, 0.2) is 67.8 Å². The van der Waals surface area contributed by atoms with Gasteiger partial charge >= 0.3 is 0 Å². The van der Waals surface area contributed by atoms with E-state index in [1.807, 2.05) is 70.2 Å². The Hall–Kier alpha value is -2.67. The van der Waals surface area contributed by atoms with Gasteiger partial charge in [0.2, 0.25) is 0 Å². The van der Waals surface area contributed by atoms with Gasteiger partial charge in [-0.3, -0.25) is 0 Å². The van der Waals surface area contributed by atoms with Gasteiger partial charge in [-0.1, -0.05) is 95.5 Å². The molecule has 1 heterocycles. The van der Waals surface area contributed by atoms with Crippen LogP contribution in [-0.4, -0.2) is 4.98 Å². The van der Waals surface area contributed by atoms with E-state index >= 15 is 0 Å². The number of hydrogen-bond acceptors (Lipinski definition) is 1. The second kappa shape index (κ2) is 10.2. The van der Waals surface area contributed by atoms with Gasteiger partial charge in [-0.15, -0.1) is 0 Å². The van der Waals surface area contributed by atoms with Crippen LogP contribution < -0.4 is 0 Å². The molecule has 3 aromatic rings. The van der Waals surface area contributed by atoms with Gasteiger partial charge in [0.05, 0.1) is 11.2 Å². The lowest BCUT2D eigenvalue weighted by Crippen LogP contribution is -1.94. The van der Waals surface area contributed by atoms with Crippen molar-refractivity contribution >= 4 is 23.1 Å². The minimum atomic E-state index is 0.873. The Bertz CT molecular complexity index is 786. The third-order valence-corrected chi connectivity index (χ3v) is 3.42. The van der Waals surface area contributed by atoms with E-state index in [1.54, 1.807) is 6.08 Å². The van der Waals surface area contributed by atoms with Gasteiger partial charge in [-0.2, -0.15) is 0 Å². The highest BCUT2D eigenvalue weighted by Crippen LogP contribution is 2.33. The van der Waals surface area contributed by atoms with Crippen molar-refractivity contribution in [1.82, 2.24) is 4.98 Å². The molecule has 2 aromatic carbocycles. The fourth-order valence-electron chi connectivity index (χ4n) is 2.52. The van der Waals surface area contributed by atoms with Crippen LogP contribution >= 0.6 is 0 Å². The molecule has 0 amide bonds. The molecular weight excluding hydrogens is 290 g/mol. The third kappa shape index (κ3) is 3.99. The average molecular weight is 317 g/mol. The van der Waals surface area contributed by atoms with Crippen LogP contribution in [0, 0.1) is 0 Å². The van der Waals surface area contributed by atoms with Crippen LogP contribution in [0.2, 0.25) is 0 Å². The highest BCUT2D eigenvalue weighted by Gasteiger charge is 2.12. The van der Waals surface area contributed by atoms with Crippen LogP contribution in [0.1, 0.15) is 39.0 Å². The Morgan fingerprint density at radius 2 is 1.33 bits per heavy atom. The molecule has 0 saturated heterocycles. The minimum Gasteiger partial charge on any atom is -0.248 e. The van der Waals surface area contributed by atoms with Gasteiger partial charge in [0.1, 0.15) is 0 Å². The van der Waals surface area contributed by atoms with Gasteiger partial charge in [-0.05, 0) is 17.7 Å². The quantitative estimate of drug-likeness (QED) is 0.496. The molecule has 1 heteroatoms. The zero-order valence-corrected chi connectivity index (χ0v) is 15.2. The van der Waals surface area contributed by atoms with E-state index in [0.29, 0.717) is 0 Å². The van der Waals surface area contributed by atoms with Crippen molar-refractivity contribution in [3.05, 3.63) is 79.0 Å². The van der Waals surface area contributed by atoms with Crippen molar-refractivity contribution in [2.24, 2.45) is 0 Å². The van der Waals surface area contributed by atoms with Gasteiger partial charge < -0.3 is 0 Å². The van der Waals surface area contributed by atoms with Crippen LogP contribution in [0.4, 0.5) is 0 Å². The molecule has 0 fully saturated rings. The molecule has 1 aromatic heterocycles. The van der Waals surface area contributed by atoms with Crippen molar-refractivity contribution in [1.29, 1.82) is 0 Å². The maximum Gasteiger partial charge on any atom is 0.0715 e. The normalized spacial score (nSPS) is 9.17. The predicted molar refractivity (Wildman–Crippen MR) is 110 cm³/mol. The first-order valence-corrected chi connectivity index (χ1v) is 8.58. The molecule has 0 saturated carbocycles. The van der Waals surface area contributed by atoms with Gasteiger partial charge in [0, 0.05) is 16.5 Å². The summed E-state index contributed by atoms with van der Waals surface area (Å²) in [6, 6.07) is 18.5. The van der Waals surface area contributed by atoms with Crippen molar-refractivity contribution < 1.29 is 0 Å². The second-order valence-corrected chi connectivity index (χ2v) is 4.58. The minimum absolute atomic E-state index is 0.873. The topological polar surface area (TPSA) is 12.9 Å². The summed E-state index contributed by atoms with van der Waals surface area (Å²) in [6.07, 6.45) is 3.65. The number of benzene rings is 2. The van der Waals surface area contributed by atoms with Crippen molar-refractivity contribution in [2.75, 3.05) is 0 Å². The summed E-state index contributed by atoms with van der Waals surface area (Å²) in [5.41, 5.74) is 5.22. The number of rotatable bonds is 3. The third-order valence-electron chi connectivity index (χ3n) is 3.42. The Kier molecular flexibility index (Phi) is 8.21. The zero-order valence-electron chi connectivity index (χ0n) is 15.2. The summed E-state index contributed by atoms with van der Waals surface area (Å²) in [6.45, 7) is 15.8. The zero-order chi connectivity index (χ0) is 17.9. The maximum absolute atomic E-state index is 4.66. The molecule has 1 nitrogen and oxygen atoms in total. The number of fused-ring (bicyclic) bond motifs is 1. The largest absolute Gasteiger partial charge is 0.248 e. The van der Waals surface area contributed by atoms with Gasteiger partial charge in [0.15, 0.2) is 0 Å². The van der Waals surface area contributed by atoms with E-state index in [-0.39, 0.29) is 0 Å². The number of hydrogen-bond donors (Lipinski definition) is 0. The fourth-order valence-corrected chi connectivity index (χ4v) is 2.52. The number of nitrogens with zero attached hydrogens (tertiary/aromatic N) is 1. The van der Waals surface area contributed by atoms with Crippen LogP contribution in [-0.2, 0) is 0 Å². The molecule has 24 heavy (non-hydrogen) atoms. The summed E-state index contributed by atoms with van der Waals surface area (Å²) in [4.78, 5) is 4.66. The van der Waals surface area contributed by atoms with E-state index in [9.17, 15) is 0 Å². The van der Waals surface area contributed by atoms with Crippen molar-refractivity contribution in [3.8, 4) is 11.1 Å². The van der Waals surface area contributed by atoms with E-state index in [2.05, 4.69) is 36.3 Å². The first kappa shape index (κ1) is 19.4. The summed E-state index contributed by atoms with van der Waals surface area (Å²) in [5.74, 6) is 0. The van der Waals surface area contributed by atoms with E-state index in [1.165, 1.54) is 11.1 Å². The SMILES string of the molecule is C=Cc1nc2ccccc2c(-c2ccccc2)c1C=C.CC.CC. The summed E-state index contributed by atoms with van der Waals surface area (Å²) in [5, 5.41) is 1.14. The summed E-state index contributed by atoms with van der Waals surface area (Å²) in [7, 11) is 0. The molecule has 0 aliphatic carbocycles. The highest BCUT2D eigenvalue weighted by molar-refractivity contribution is 6.00. The van der Waals surface area contributed by atoms with Gasteiger partial charge in [0.25, 0.3) is 0 Å². The number of pyridine rings is 1. The van der Waals surface area contributed by atoms with Gasteiger partial charge in [-0.25, -0.2) is 4.98 Å². The standard InChI is InChI=1S/C19H15N.2C2H6/c1-3-15-17(4-2)20-18-13-9-8-12-16(18)19(15)14-10-6-5-7-11-14;2*1-2/h3-13H,1-2H2;2*1-2H3. The number of para-hydroxylation sites is 1. The maximum atomic E-state index is 4.66. The Labute approximate surface area is 146 Å². The smallest absolute Gasteiger partial charge is 0.0715 e. The molecule has 0 radical (unpaired) electrons. The Morgan fingerprint density at radius 1 is 0.750 bits per heavy atom. The first-order valence-electron chi connectivity index (χ1n) is 8.58. The molecule has 0 aliphatic rings. The Balaban J connectivity index is 0.000000671. The van der Waals surface area contributed by atoms with E-state index in [4.69, 9.17) is 0 Å². The van der Waals surface area contributed by atoms with Crippen LogP contribution in [0.25, 0.3) is 34.2 Å². The molecular formula is C23H27N. The number of aromatic nitrogens is 1. The van der Waals surface area contributed by atoms with Crippen molar-refractivity contribution in [3.63, 3.8) is 0 Å². The van der Waals surface area contributed by atoms with Crippen LogP contribution in [0.5, 0.6) is 0 Å². The lowest BCUT2D eigenvalue weighted by atomic mass is 9.94. The molecule has 0 N–H and O–H groups in total. The molecule has 0 bridgehead atoms. The van der Waals surface area contributed by atoms with Crippen molar-refractivity contribution in [2.45, 2.75) is 27.7 Å². The van der Waals surface area contributed by atoms with E-state index in [0.717, 1.165) is 22.2 Å². The highest BCUT2D eigenvalue weighted by atomic mass is 14.7. The lowest BCUT2D eigenvalue weighted by molar-refractivity contribution is 1.36. The van der Waals surface area contributed by atoms with Crippen LogP contribution in [0.3, 0.4) is 0 Å². The summed E-state index contributed by atoms with van der Waals surface area (Å²) >= 11 is 0. The first-order chi connectivity index (χ1) is 11.8. The second-order valence-electron chi connectivity index (χ2n) is 4.58. The molecule has 0 aliphatic heterocycles.